The third-order valence-electron chi connectivity index (χ3n) is 4.37. The summed E-state index contributed by atoms with van der Waals surface area (Å²) in [5.41, 5.74) is -0.662. The van der Waals surface area contributed by atoms with Crippen molar-refractivity contribution in [3.63, 3.8) is 0 Å². The van der Waals surface area contributed by atoms with Crippen LogP contribution in [0.25, 0.3) is 0 Å². The SMILES string of the molecule is CCN(C)C(=O)N1C[C@@H]2CCC[C@@]2(C(=O)O)C1. The molecule has 0 aromatic rings. The van der Waals surface area contributed by atoms with E-state index >= 15 is 0 Å². The lowest BCUT2D eigenvalue weighted by Crippen LogP contribution is -2.42. The predicted octanol–water partition coefficient (Wildman–Crippen LogP) is 1.24. The highest BCUT2D eigenvalue weighted by Crippen LogP contribution is 2.48. The van der Waals surface area contributed by atoms with Crippen LogP contribution in [-0.4, -0.2) is 53.6 Å². The first-order valence-electron chi connectivity index (χ1n) is 6.24. The van der Waals surface area contributed by atoms with Crippen LogP contribution in [0.4, 0.5) is 4.79 Å². The van der Waals surface area contributed by atoms with E-state index in [1.807, 2.05) is 6.92 Å². The number of aliphatic carboxylic acids is 1. The molecule has 2 fully saturated rings. The molecule has 0 radical (unpaired) electrons. The molecule has 0 spiro atoms. The number of carboxylic acid groups (broad SMARTS) is 1. The second-order valence-electron chi connectivity index (χ2n) is 5.23. The van der Waals surface area contributed by atoms with Crippen molar-refractivity contribution in [2.45, 2.75) is 26.2 Å². The molecule has 1 aliphatic carbocycles. The number of hydrogen-bond donors (Lipinski definition) is 1. The minimum atomic E-state index is -0.727. The van der Waals surface area contributed by atoms with Crippen LogP contribution in [0, 0.1) is 11.3 Å². The van der Waals surface area contributed by atoms with Crippen molar-refractivity contribution in [3.05, 3.63) is 0 Å². The molecule has 5 nitrogen and oxygen atoms in total. The van der Waals surface area contributed by atoms with Crippen molar-refractivity contribution in [1.82, 2.24) is 9.80 Å². The third kappa shape index (κ3) is 1.77. The summed E-state index contributed by atoms with van der Waals surface area (Å²) in [6, 6.07) is -0.0393. The Hall–Kier alpha value is -1.26. The third-order valence-corrected chi connectivity index (χ3v) is 4.37. The molecule has 0 aromatic carbocycles. The van der Waals surface area contributed by atoms with Gasteiger partial charge in [0.05, 0.1) is 5.41 Å². The van der Waals surface area contributed by atoms with Crippen molar-refractivity contribution in [1.29, 1.82) is 0 Å². The van der Waals surface area contributed by atoms with E-state index in [9.17, 15) is 14.7 Å². The molecule has 2 aliphatic rings. The highest BCUT2D eigenvalue weighted by atomic mass is 16.4. The number of likely N-dealkylation sites (tertiary alicyclic amines) is 1. The van der Waals surface area contributed by atoms with Crippen molar-refractivity contribution in [2.75, 3.05) is 26.7 Å². The molecule has 0 bridgehead atoms. The van der Waals surface area contributed by atoms with Gasteiger partial charge >= 0.3 is 12.0 Å². The van der Waals surface area contributed by atoms with Gasteiger partial charge < -0.3 is 14.9 Å². The van der Waals surface area contributed by atoms with Gasteiger partial charge in [0.15, 0.2) is 0 Å². The molecule has 0 unspecified atom stereocenters. The van der Waals surface area contributed by atoms with E-state index in [1.165, 1.54) is 0 Å². The molecule has 1 saturated carbocycles. The minimum absolute atomic E-state index is 0.0393. The summed E-state index contributed by atoms with van der Waals surface area (Å²) in [6.45, 7) is 3.56. The maximum atomic E-state index is 12.0. The summed E-state index contributed by atoms with van der Waals surface area (Å²) >= 11 is 0. The highest BCUT2D eigenvalue weighted by Gasteiger charge is 2.56. The molecular weight excluding hydrogens is 220 g/mol. The largest absolute Gasteiger partial charge is 0.481 e. The Kier molecular flexibility index (Phi) is 3.02. The maximum Gasteiger partial charge on any atom is 0.319 e. The minimum Gasteiger partial charge on any atom is -0.481 e. The van der Waals surface area contributed by atoms with Crippen LogP contribution in [0.3, 0.4) is 0 Å². The van der Waals surface area contributed by atoms with E-state index < -0.39 is 11.4 Å². The van der Waals surface area contributed by atoms with Gasteiger partial charge in [-0.3, -0.25) is 4.79 Å². The zero-order chi connectivity index (χ0) is 12.6. The average Bonchev–Trinajstić information content (AvgIpc) is 2.83. The zero-order valence-electron chi connectivity index (χ0n) is 10.5. The van der Waals surface area contributed by atoms with Crippen LogP contribution < -0.4 is 0 Å². The number of carbonyl (C=O) groups excluding carboxylic acids is 1. The number of amides is 2. The summed E-state index contributed by atoms with van der Waals surface area (Å²) in [7, 11) is 1.75. The Bertz CT molecular complexity index is 345. The summed E-state index contributed by atoms with van der Waals surface area (Å²) in [5, 5.41) is 9.42. The lowest BCUT2D eigenvalue weighted by molar-refractivity contribution is -0.149. The molecule has 5 heteroatoms. The molecule has 1 heterocycles. The summed E-state index contributed by atoms with van der Waals surface area (Å²) < 4.78 is 0. The Morgan fingerprint density at radius 3 is 2.76 bits per heavy atom. The zero-order valence-corrected chi connectivity index (χ0v) is 10.5. The van der Waals surface area contributed by atoms with Crippen LogP contribution in [0.1, 0.15) is 26.2 Å². The lowest BCUT2D eigenvalue weighted by Gasteiger charge is -2.26. The molecule has 2 rings (SSSR count). The number of fused-ring (bicyclic) bond motifs is 1. The fraction of sp³-hybridized carbons (Fsp3) is 0.833. The van der Waals surface area contributed by atoms with E-state index in [2.05, 4.69) is 0 Å². The maximum absolute atomic E-state index is 12.0. The fourth-order valence-corrected chi connectivity index (χ4v) is 3.16. The normalized spacial score (nSPS) is 31.4. The van der Waals surface area contributed by atoms with Crippen LogP contribution >= 0.6 is 0 Å². The highest BCUT2D eigenvalue weighted by molar-refractivity contribution is 5.80. The molecular formula is C12H20N2O3. The summed E-state index contributed by atoms with van der Waals surface area (Å²) in [4.78, 5) is 26.8. The summed E-state index contributed by atoms with van der Waals surface area (Å²) in [6.07, 6.45) is 2.63. The Morgan fingerprint density at radius 2 is 2.24 bits per heavy atom. The van der Waals surface area contributed by atoms with Crippen LogP contribution in [-0.2, 0) is 4.79 Å². The average molecular weight is 240 g/mol. The second kappa shape index (κ2) is 4.20. The van der Waals surface area contributed by atoms with Crippen molar-refractivity contribution >= 4 is 12.0 Å². The van der Waals surface area contributed by atoms with Crippen LogP contribution in [0.2, 0.25) is 0 Å². The van der Waals surface area contributed by atoms with E-state index in [1.54, 1.807) is 16.8 Å². The molecule has 2 atom stereocenters. The smallest absolute Gasteiger partial charge is 0.319 e. The number of carboxylic acids is 1. The predicted molar refractivity (Wildman–Crippen MR) is 62.7 cm³/mol. The van der Waals surface area contributed by atoms with Gasteiger partial charge in [-0.05, 0) is 25.7 Å². The van der Waals surface area contributed by atoms with Crippen molar-refractivity contribution in [2.24, 2.45) is 11.3 Å². The summed E-state index contributed by atoms with van der Waals surface area (Å²) in [5.74, 6) is -0.580. The van der Waals surface area contributed by atoms with Gasteiger partial charge in [0.25, 0.3) is 0 Å². The van der Waals surface area contributed by atoms with E-state index in [0.717, 1.165) is 12.8 Å². The molecule has 96 valence electrons. The molecule has 0 aromatic heterocycles. The fourth-order valence-electron chi connectivity index (χ4n) is 3.16. The first-order valence-corrected chi connectivity index (χ1v) is 6.24. The Labute approximate surface area is 101 Å². The Balaban J connectivity index is 2.13. The Morgan fingerprint density at radius 1 is 1.53 bits per heavy atom. The number of carbonyl (C=O) groups is 2. The molecule has 2 amide bonds. The molecule has 1 N–H and O–H groups in total. The monoisotopic (exact) mass is 240 g/mol. The van der Waals surface area contributed by atoms with Gasteiger partial charge in [0.2, 0.25) is 0 Å². The molecule has 1 saturated heterocycles. The van der Waals surface area contributed by atoms with E-state index in [0.29, 0.717) is 26.1 Å². The van der Waals surface area contributed by atoms with Crippen LogP contribution in [0.15, 0.2) is 0 Å². The number of urea groups is 1. The van der Waals surface area contributed by atoms with Gasteiger partial charge in [-0.25, -0.2) is 4.79 Å². The standard InChI is InChI=1S/C12H20N2O3/c1-3-13(2)11(17)14-7-9-5-4-6-12(9,8-14)10(15)16/h9H,3-8H2,1-2H3,(H,15,16)/t9-,12+/m0/s1. The number of hydrogen-bond acceptors (Lipinski definition) is 2. The topological polar surface area (TPSA) is 60.9 Å². The van der Waals surface area contributed by atoms with E-state index in [-0.39, 0.29) is 11.9 Å². The van der Waals surface area contributed by atoms with Gasteiger partial charge in [-0.1, -0.05) is 6.42 Å². The van der Waals surface area contributed by atoms with Crippen molar-refractivity contribution in [3.8, 4) is 0 Å². The number of nitrogens with zero attached hydrogens (tertiary/aromatic N) is 2. The quantitative estimate of drug-likeness (QED) is 0.790. The van der Waals surface area contributed by atoms with Crippen LogP contribution in [0.5, 0.6) is 0 Å². The number of rotatable bonds is 2. The van der Waals surface area contributed by atoms with Crippen molar-refractivity contribution < 1.29 is 14.7 Å². The lowest BCUT2D eigenvalue weighted by atomic mass is 9.81. The second-order valence-corrected chi connectivity index (χ2v) is 5.23. The van der Waals surface area contributed by atoms with Gasteiger partial charge in [0.1, 0.15) is 0 Å². The first kappa shape index (κ1) is 12.2. The van der Waals surface area contributed by atoms with Gasteiger partial charge in [0, 0.05) is 26.7 Å². The van der Waals surface area contributed by atoms with Gasteiger partial charge in [-0.2, -0.15) is 0 Å². The first-order chi connectivity index (χ1) is 8.01. The molecule has 17 heavy (non-hydrogen) atoms. The van der Waals surface area contributed by atoms with E-state index in [4.69, 9.17) is 0 Å². The van der Waals surface area contributed by atoms with Gasteiger partial charge in [-0.15, -0.1) is 0 Å². The molecule has 1 aliphatic heterocycles.